The van der Waals surface area contributed by atoms with Crippen LogP contribution in [0, 0.1) is 0 Å². The number of hydrogen-bond donors (Lipinski definition) is 1. The Bertz CT molecular complexity index is 744. The zero-order chi connectivity index (χ0) is 16.6. The summed E-state index contributed by atoms with van der Waals surface area (Å²) in [6.45, 7) is 3.77. The molecule has 0 aliphatic heterocycles. The van der Waals surface area contributed by atoms with E-state index in [0.29, 0.717) is 5.95 Å². The Morgan fingerprint density at radius 2 is 1.62 bits per heavy atom. The highest BCUT2D eigenvalue weighted by Gasteiger charge is 2.10. The van der Waals surface area contributed by atoms with Crippen LogP contribution in [0.5, 0.6) is 0 Å². The van der Waals surface area contributed by atoms with Crippen molar-refractivity contribution < 1.29 is 0 Å². The van der Waals surface area contributed by atoms with Gasteiger partial charge in [-0.25, -0.2) is 4.98 Å². The summed E-state index contributed by atoms with van der Waals surface area (Å²) in [5, 5.41) is 3.39. The summed E-state index contributed by atoms with van der Waals surface area (Å²) in [5.41, 5.74) is 2.42. The number of nitrogens with zero attached hydrogens (tertiary/aromatic N) is 3. The molecule has 3 rings (SSSR count). The molecule has 24 heavy (non-hydrogen) atoms. The van der Waals surface area contributed by atoms with Gasteiger partial charge < -0.3 is 10.2 Å². The van der Waals surface area contributed by atoms with Crippen molar-refractivity contribution in [3.63, 3.8) is 0 Å². The monoisotopic (exact) mass is 318 g/mol. The van der Waals surface area contributed by atoms with Gasteiger partial charge in [-0.15, -0.1) is 0 Å². The number of anilines is 3. The van der Waals surface area contributed by atoms with Gasteiger partial charge in [-0.1, -0.05) is 48.5 Å². The summed E-state index contributed by atoms with van der Waals surface area (Å²) < 4.78 is 0. The SMILES string of the molecule is CCN(c1ccccc1)c1nccc(NCCc2ccccc2)n1. The molecule has 0 radical (unpaired) electrons. The summed E-state index contributed by atoms with van der Waals surface area (Å²) in [5.74, 6) is 1.57. The Hall–Kier alpha value is -2.88. The van der Waals surface area contributed by atoms with Gasteiger partial charge in [0.05, 0.1) is 0 Å². The molecule has 0 saturated heterocycles. The number of rotatable bonds is 7. The molecule has 0 amide bonds. The lowest BCUT2D eigenvalue weighted by molar-refractivity contribution is 0.937. The first-order valence-corrected chi connectivity index (χ1v) is 8.30. The van der Waals surface area contributed by atoms with Gasteiger partial charge in [0.1, 0.15) is 5.82 Å². The summed E-state index contributed by atoms with van der Waals surface area (Å²) >= 11 is 0. The predicted octanol–water partition coefficient (Wildman–Crippen LogP) is 4.29. The predicted molar refractivity (Wildman–Crippen MR) is 99.8 cm³/mol. The quantitative estimate of drug-likeness (QED) is 0.705. The van der Waals surface area contributed by atoms with Crippen LogP contribution in [0.2, 0.25) is 0 Å². The highest BCUT2D eigenvalue weighted by molar-refractivity contribution is 5.58. The number of nitrogens with one attached hydrogen (secondary N) is 1. The molecule has 1 N–H and O–H groups in total. The molecule has 1 heterocycles. The second-order valence-corrected chi connectivity index (χ2v) is 5.48. The second-order valence-electron chi connectivity index (χ2n) is 5.48. The molecule has 3 aromatic rings. The lowest BCUT2D eigenvalue weighted by atomic mass is 10.1. The van der Waals surface area contributed by atoms with Gasteiger partial charge >= 0.3 is 0 Å². The van der Waals surface area contributed by atoms with Crippen molar-refractivity contribution in [2.75, 3.05) is 23.3 Å². The van der Waals surface area contributed by atoms with Crippen LogP contribution in [-0.2, 0) is 6.42 Å². The van der Waals surface area contributed by atoms with Crippen LogP contribution in [0.25, 0.3) is 0 Å². The van der Waals surface area contributed by atoms with Crippen molar-refractivity contribution in [3.8, 4) is 0 Å². The third-order valence-corrected chi connectivity index (χ3v) is 3.83. The number of hydrogen-bond acceptors (Lipinski definition) is 4. The first-order valence-electron chi connectivity index (χ1n) is 8.30. The van der Waals surface area contributed by atoms with E-state index in [1.807, 2.05) is 30.3 Å². The van der Waals surface area contributed by atoms with Crippen LogP contribution in [-0.4, -0.2) is 23.1 Å². The Morgan fingerprint density at radius 3 is 2.33 bits per heavy atom. The minimum absolute atomic E-state index is 0.716. The van der Waals surface area contributed by atoms with E-state index in [1.54, 1.807) is 6.20 Å². The standard InChI is InChI=1S/C20H22N4/c1-2-24(18-11-7-4-8-12-18)20-22-16-14-19(23-20)21-15-13-17-9-5-3-6-10-17/h3-12,14,16H,2,13,15H2,1H3,(H,21,22,23). The van der Waals surface area contributed by atoms with Gasteiger partial charge in [0.2, 0.25) is 5.95 Å². The van der Waals surface area contributed by atoms with Gasteiger partial charge in [-0.05, 0) is 37.1 Å². The average molecular weight is 318 g/mol. The van der Waals surface area contributed by atoms with E-state index in [-0.39, 0.29) is 0 Å². The first-order chi connectivity index (χ1) is 11.9. The van der Waals surface area contributed by atoms with Crippen LogP contribution in [0.3, 0.4) is 0 Å². The van der Waals surface area contributed by atoms with Crippen LogP contribution in [0.4, 0.5) is 17.5 Å². The van der Waals surface area contributed by atoms with E-state index in [4.69, 9.17) is 0 Å². The van der Waals surface area contributed by atoms with Gasteiger partial charge in [0.25, 0.3) is 0 Å². The lowest BCUT2D eigenvalue weighted by Crippen LogP contribution is -2.19. The molecule has 0 unspecified atom stereocenters. The first kappa shape index (κ1) is 16.0. The normalized spacial score (nSPS) is 10.4. The number of benzene rings is 2. The van der Waals surface area contributed by atoms with E-state index < -0.39 is 0 Å². The molecule has 0 saturated carbocycles. The maximum absolute atomic E-state index is 4.66. The van der Waals surface area contributed by atoms with E-state index in [0.717, 1.165) is 31.0 Å². The number of para-hydroxylation sites is 1. The smallest absolute Gasteiger partial charge is 0.231 e. The summed E-state index contributed by atoms with van der Waals surface area (Å²) in [6, 6.07) is 22.6. The van der Waals surface area contributed by atoms with Crippen molar-refractivity contribution in [2.45, 2.75) is 13.3 Å². The fraction of sp³-hybridized carbons (Fsp3) is 0.200. The van der Waals surface area contributed by atoms with Crippen LogP contribution < -0.4 is 10.2 Å². The van der Waals surface area contributed by atoms with E-state index in [9.17, 15) is 0 Å². The Morgan fingerprint density at radius 1 is 0.917 bits per heavy atom. The molecule has 2 aromatic carbocycles. The number of aromatic nitrogens is 2. The maximum Gasteiger partial charge on any atom is 0.231 e. The molecule has 0 bridgehead atoms. The van der Waals surface area contributed by atoms with Crippen molar-refractivity contribution in [2.24, 2.45) is 0 Å². The molecule has 4 heteroatoms. The molecule has 0 spiro atoms. The van der Waals surface area contributed by atoms with Crippen molar-refractivity contribution in [1.29, 1.82) is 0 Å². The minimum atomic E-state index is 0.716. The van der Waals surface area contributed by atoms with Gasteiger partial charge in [-0.2, -0.15) is 4.98 Å². The van der Waals surface area contributed by atoms with Crippen LogP contribution >= 0.6 is 0 Å². The van der Waals surface area contributed by atoms with Gasteiger partial charge in [0, 0.05) is 25.0 Å². The van der Waals surface area contributed by atoms with Crippen LogP contribution in [0.15, 0.2) is 72.9 Å². The molecule has 122 valence electrons. The summed E-state index contributed by atoms with van der Waals surface area (Å²) in [4.78, 5) is 11.2. The molecule has 0 aliphatic rings. The molecule has 1 aromatic heterocycles. The Kier molecular flexibility index (Phi) is 5.40. The van der Waals surface area contributed by atoms with Gasteiger partial charge in [-0.3, -0.25) is 0 Å². The van der Waals surface area contributed by atoms with E-state index in [2.05, 4.69) is 63.5 Å². The second kappa shape index (κ2) is 8.11. The van der Waals surface area contributed by atoms with Crippen molar-refractivity contribution in [3.05, 3.63) is 78.5 Å². The molecule has 0 fully saturated rings. The van der Waals surface area contributed by atoms with Crippen molar-refractivity contribution in [1.82, 2.24) is 9.97 Å². The largest absolute Gasteiger partial charge is 0.370 e. The minimum Gasteiger partial charge on any atom is -0.370 e. The van der Waals surface area contributed by atoms with E-state index in [1.165, 1.54) is 5.56 Å². The maximum atomic E-state index is 4.66. The van der Waals surface area contributed by atoms with Crippen molar-refractivity contribution >= 4 is 17.5 Å². The third kappa shape index (κ3) is 4.10. The molecule has 0 atom stereocenters. The highest BCUT2D eigenvalue weighted by Crippen LogP contribution is 2.21. The molecule has 0 aliphatic carbocycles. The zero-order valence-corrected chi connectivity index (χ0v) is 13.9. The Labute approximate surface area is 143 Å². The van der Waals surface area contributed by atoms with E-state index >= 15 is 0 Å². The highest BCUT2D eigenvalue weighted by atomic mass is 15.3. The third-order valence-electron chi connectivity index (χ3n) is 3.83. The molecular weight excluding hydrogens is 296 g/mol. The lowest BCUT2D eigenvalue weighted by Gasteiger charge is -2.21. The molecule has 4 nitrogen and oxygen atoms in total. The summed E-state index contributed by atoms with van der Waals surface area (Å²) in [6.07, 6.45) is 2.77. The molecular formula is C20H22N4. The van der Waals surface area contributed by atoms with Gasteiger partial charge in [0.15, 0.2) is 0 Å². The fourth-order valence-electron chi connectivity index (χ4n) is 2.60. The zero-order valence-electron chi connectivity index (χ0n) is 13.9. The topological polar surface area (TPSA) is 41.1 Å². The summed E-state index contributed by atoms with van der Waals surface area (Å²) in [7, 11) is 0. The fourth-order valence-corrected chi connectivity index (χ4v) is 2.60. The average Bonchev–Trinajstić information content (AvgIpc) is 2.65. The Balaban J connectivity index is 1.67. The van der Waals surface area contributed by atoms with Crippen LogP contribution in [0.1, 0.15) is 12.5 Å².